The number of carbonyl (C=O) groups is 1. The number of para-hydroxylation sites is 1. The first-order valence-electron chi connectivity index (χ1n) is 8.48. The molecule has 25 heavy (non-hydrogen) atoms. The second-order valence-corrected chi connectivity index (χ2v) is 8.24. The Labute approximate surface area is 148 Å². The van der Waals surface area contributed by atoms with E-state index in [-0.39, 0.29) is 18.8 Å². The van der Waals surface area contributed by atoms with Crippen LogP contribution >= 0.6 is 0 Å². The van der Waals surface area contributed by atoms with E-state index in [2.05, 4.69) is 4.72 Å². The monoisotopic (exact) mass is 368 g/mol. The molecule has 1 amide bonds. The molecule has 0 unspecified atom stereocenters. The highest BCUT2D eigenvalue weighted by molar-refractivity contribution is 7.90. The van der Waals surface area contributed by atoms with Gasteiger partial charge in [0.2, 0.25) is 15.9 Å². The first-order valence-corrected chi connectivity index (χ1v) is 10.1. The van der Waals surface area contributed by atoms with Crippen molar-refractivity contribution in [2.24, 2.45) is 0 Å². The van der Waals surface area contributed by atoms with Crippen molar-refractivity contribution in [3.8, 4) is 0 Å². The molecule has 0 spiro atoms. The molecule has 0 bridgehead atoms. The average Bonchev–Trinajstić information content (AvgIpc) is 3.12. The van der Waals surface area contributed by atoms with E-state index >= 15 is 0 Å². The number of carbonyl (C=O) groups excluding carboxylic acids is 1. The van der Waals surface area contributed by atoms with Gasteiger partial charge >= 0.3 is 0 Å². The fourth-order valence-electron chi connectivity index (χ4n) is 3.27. The van der Waals surface area contributed by atoms with E-state index in [1.165, 1.54) is 4.90 Å². The van der Waals surface area contributed by atoms with Crippen LogP contribution in [0.15, 0.2) is 24.3 Å². The minimum Gasteiger partial charge on any atom is -0.379 e. The van der Waals surface area contributed by atoms with Crippen molar-refractivity contribution in [1.82, 2.24) is 4.72 Å². The number of hydrogen-bond acceptors (Lipinski definition) is 5. The van der Waals surface area contributed by atoms with Gasteiger partial charge in [-0.2, -0.15) is 0 Å². The highest BCUT2D eigenvalue weighted by Crippen LogP contribution is 2.28. The molecule has 7 nitrogen and oxygen atoms in total. The van der Waals surface area contributed by atoms with Crippen LogP contribution in [-0.4, -0.2) is 59.1 Å². The molecule has 1 aromatic carbocycles. The van der Waals surface area contributed by atoms with Crippen molar-refractivity contribution in [2.45, 2.75) is 31.5 Å². The van der Waals surface area contributed by atoms with Gasteiger partial charge in [0.1, 0.15) is 5.75 Å². The lowest BCUT2D eigenvalue weighted by Gasteiger charge is -2.34. The van der Waals surface area contributed by atoms with Gasteiger partial charge in [0.25, 0.3) is 0 Å². The standard InChI is InChI=1S/C17H24N2O5S/c1-23-15-9-13-5-2-3-7-16(13)19(11-15)17(20)12-25(21,22)18-10-14-6-4-8-24-14/h2-3,5,7,14-15,18H,4,6,8-12H2,1H3/t14-,15-/m1/s1. The number of anilines is 1. The molecule has 2 heterocycles. The Bertz CT molecular complexity index is 716. The zero-order valence-corrected chi connectivity index (χ0v) is 15.1. The van der Waals surface area contributed by atoms with E-state index in [0.29, 0.717) is 19.6 Å². The molecular formula is C17H24N2O5S. The number of nitrogens with one attached hydrogen (secondary N) is 1. The minimum atomic E-state index is -3.71. The number of hydrogen-bond donors (Lipinski definition) is 1. The van der Waals surface area contributed by atoms with Gasteiger partial charge in [0.15, 0.2) is 0 Å². The van der Waals surface area contributed by atoms with E-state index in [0.717, 1.165) is 24.1 Å². The van der Waals surface area contributed by atoms with Gasteiger partial charge in [-0.3, -0.25) is 4.79 Å². The molecule has 2 aliphatic heterocycles. The van der Waals surface area contributed by atoms with E-state index in [1.54, 1.807) is 7.11 Å². The van der Waals surface area contributed by atoms with Crippen molar-refractivity contribution in [1.29, 1.82) is 0 Å². The third-order valence-corrected chi connectivity index (χ3v) is 5.85. The summed E-state index contributed by atoms with van der Waals surface area (Å²) in [6, 6.07) is 7.52. The van der Waals surface area contributed by atoms with E-state index < -0.39 is 21.7 Å². The SMILES string of the molecule is CO[C@@H]1Cc2ccccc2N(C(=O)CS(=O)(=O)NC[C@H]2CCCO2)C1. The second-order valence-electron chi connectivity index (χ2n) is 6.44. The quantitative estimate of drug-likeness (QED) is 0.799. The van der Waals surface area contributed by atoms with Crippen LogP contribution in [-0.2, 0) is 30.7 Å². The van der Waals surface area contributed by atoms with Crippen LogP contribution in [0.5, 0.6) is 0 Å². The number of amides is 1. The van der Waals surface area contributed by atoms with Crippen molar-refractivity contribution < 1.29 is 22.7 Å². The maximum Gasteiger partial charge on any atom is 0.243 e. The molecular weight excluding hydrogens is 344 g/mol. The molecule has 1 N–H and O–H groups in total. The largest absolute Gasteiger partial charge is 0.379 e. The predicted molar refractivity (Wildman–Crippen MR) is 94.1 cm³/mol. The molecule has 3 rings (SSSR count). The molecule has 0 aromatic heterocycles. The number of benzene rings is 1. The number of sulfonamides is 1. The summed E-state index contributed by atoms with van der Waals surface area (Å²) in [6.07, 6.45) is 2.25. The highest BCUT2D eigenvalue weighted by atomic mass is 32.2. The van der Waals surface area contributed by atoms with E-state index in [1.807, 2.05) is 24.3 Å². The fraction of sp³-hybridized carbons (Fsp3) is 0.588. The van der Waals surface area contributed by atoms with Crippen LogP contribution in [0, 0.1) is 0 Å². The number of fused-ring (bicyclic) bond motifs is 1. The summed E-state index contributed by atoms with van der Waals surface area (Å²) in [5.74, 6) is -1.03. The number of methoxy groups -OCH3 is 1. The Kier molecular flexibility index (Phi) is 5.73. The molecule has 0 aliphatic carbocycles. The molecule has 1 fully saturated rings. The Morgan fingerprint density at radius 1 is 1.40 bits per heavy atom. The maximum atomic E-state index is 12.7. The third-order valence-electron chi connectivity index (χ3n) is 4.62. The van der Waals surface area contributed by atoms with Gasteiger partial charge in [-0.05, 0) is 24.5 Å². The van der Waals surface area contributed by atoms with E-state index in [4.69, 9.17) is 9.47 Å². The minimum absolute atomic E-state index is 0.0986. The van der Waals surface area contributed by atoms with Gasteiger partial charge in [0, 0.05) is 32.4 Å². The number of rotatable bonds is 6. The molecule has 2 aliphatic rings. The van der Waals surface area contributed by atoms with Crippen LogP contribution in [0.4, 0.5) is 5.69 Å². The number of nitrogens with zero attached hydrogens (tertiary/aromatic N) is 1. The Balaban J connectivity index is 1.67. The average molecular weight is 368 g/mol. The Hall–Kier alpha value is -1.48. The van der Waals surface area contributed by atoms with Crippen LogP contribution < -0.4 is 9.62 Å². The van der Waals surface area contributed by atoms with Gasteiger partial charge < -0.3 is 14.4 Å². The zero-order chi connectivity index (χ0) is 17.9. The van der Waals surface area contributed by atoms with Crippen LogP contribution in [0.25, 0.3) is 0 Å². The number of ether oxygens (including phenoxy) is 2. The van der Waals surface area contributed by atoms with Crippen molar-refractivity contribution in [3.05, 3.63) is 29.8 Å². The predicted octanol–water partition coefficient (Wildman–Crippen LogP) is 0.689. The summed E-state index contributed by atoms with van der Waals surface area (Å²) in [7, 11) is -2.11. The maximum absolute atomic E-state index is 12.7. The first kappa shape index (κ1) is 18.3. The van der Waals surface area contributed by atoms with Gasteiger partial charge in [-0.1, -0.05) is 18.2 Å². The van der Waals surface area contributed by atoms with Gasteiger partial charge in [-0.25, -0.2) is 13.1 Å². The summed E-state index contributed by atoms with van der Waals surface area (Å²) in [5, 5.41) is 0. The van der Waals surface area contributed by atoms with Gasteiger partial charge in [0.05, 0.1) is 18.8 Å². The second kappa shape index (κ2) is 7.82. The zero-order valence-electron chi connectivity index (χ0n) is 14.3. The molecule has 1 aromatic rings. The lowest BCUT2D eigenvalue weighted by molar-refractivity contribution is -0.116. The topological polar surface area (TPSA) is 84.9 Å². The Morgan fingerprint density at radius 2 is 2.20 bits per heavy atom. The fourth-order valence-corrected chi connectivity index (χ4v) is 4.29. The normalized spacial score (nSPS) is 23.5. The lowest BCUT2D eigenvalue weighted by atomic mass is 9.99. The first-order chi connectivity index (χ1) is 12.0. The third kappa shape index (κ3) is 4.58. The van der Waals surface area contributed by atoms with Crippen molar-refractivity contribution >= 4 is 21.6 Å². The van der Waals surface area contributed by atoms with Crippen LogP contribution in [0.2, 0.25) is 0 Å². The smallest absolute Gasteiger partial charge is 0.243 e. The van der Waals surface area contributed by atoms with Crippen LogP contribution in [0.1, 0.15) is 18.4 Å². The lowest BCUT2D eigenvalue weighted by Crippen LogP contribution is -2.47. The Morgan fingerprint density at radius 3 is 2.92 bits per heavy atom. The summed E-state index contributed by atoms with van der Waals surface area (Å²) in [5.41, 5.74) is 1.74. The molecule has 1 saturated heterocycles. The molecule has 138 valence electrons. The summed E-state index contributed by atoms with van der Waals surface area (Å²) in [6.45, 7) is 1.23. The van der Waals surface area contributed by atoms with Gasteiger partial charge in [-0.15, -0.1) is 0 Å². The molecule has 8 heteroatoms. The molecule has 0 saturated carbocycles. The summed E-state index contributed by atoms with van der Waals surface area (Å²) >= 11 is 0. The van der Waals surface area contributed by atoms with Crippen molar-refractivity contribution in [3.63, 3.8) is 0 Å². The summed E-state index contributed by atoms with van der Waals surface area (Å²) in [4.78, 5) is 14.2. The highest BCUT2D eigenvalue weighted by Gasteiger charge is 2.31. The summed E-state index contributed by atoms with van der Waals surface area (Å²) < 4.78 is 37.8. The molecule has 2 atom stereocenters. The van der Waals surface area contributed by atoms with Crippen molar-refractivity contribution in [2.75, 3.05) is 37.5 Å². The molecule has 0 radical (unpaired) electrons. The van der Waals surface area contributed by atoms with Crippen LogP contribution in [0.3, 0.4) is 0 Å². The van der Waals surface area contributed by atoms with E-state index in [9.17, 15) is 13.2 Å².